The number of methoxy groups -OCH3 is 2. The Kier molecular flexibility index (Phi) is 20.5. The summed E-state index contributed by atoms with van der Waals surface area (Å²) >= 11 is 0. The standard InChI is InChI=1S/C63H90F3N7O14/c1-32(2)73-46(25-44(69-73)40-24-53(59(67)68-27-40)86-63(64,65)66)55-42-30-70(31-43(42)55)41-28-71(29-41)54(78)16-14-39-19-33(3)18-34(4)20-50(77)57-52(84-9)22-36(6)62(82,87-57)58(79)60(80)72-17-11-10-12-45(72)61(81)85-56(37(7)48(75)26-49(39)76)35(5)21-38-13-15-47(74)51(23-38)83-8/h19,21,24-25,27,32,34,36-39,41-43,45,47-48,50-52,55-57,74-75,77,82H,10-18,20,22-23,26,28-31H2,1-9H3,(H2,67,68)/b33-19+,35-21+/t34-,36+,37+,38-,39+,42-,43+,45-,47+,48-,50-,51+,52-,55?,56+,57+,62+/m0/s1. The van der Waals surface area contributed by atoms with Crippen LogP contribution in [0.15, 0.2) is 41.6 Å². The molecular weight excluding hydrogens is 1140 g/mol. The number of halogens is 3. The number of carbonyl (C=O) groups is 5. The summed E-state index contributed by atoms with van der Waals surface area (Å²) in [5, 5.41) is 51.5. The van der Waals surface area contributed by atoms with Crippen molar-refractivity contribution < 1.29 is 81.3 Å². The van der Waals surface area contributed by atoms with E-state index in [2.05, 4.69) is 14.6 Å². The number of ether oxygens (including phenoxy) is 5. The Labute approximate surface area is 507 Å². The van der Waals surface area contributed by atoms with Crippen molar-refractivity contribution in [2.45, 2.75) is 204 Å². The lowest BCUT2D eigenvalue weighted by Gasteiger charge is -2.46. The number of allylic oxidation sites excluding steroid dienone is 3. The molecule has 87 heavy (non-hydrogen) atoms. The molecule has 21 nitrogen and oxygen atoms in total. The zero-order valence-electron chi connectivity index (χ0n) is 51.6. The SMILES string of the molecule is CO[C@H]1C[C@@H](C)[C@@]2(O)O[C@@H]1[C@@H](O)C[C@@H](C)C/C(C)=C/[C@@H](CCC(=O)N1CC(N3C[C@@H]4C(c5cc(-c6cnc(N)c(OC(F)(F)F)c6)nn5C(C)C)[C@@H]4C3)C1)C(=O)C[C@H](O)[C@@H](C)[C@@H](/C(C)=C/[C@@H]1CC[C@@H](O)[C@H](OC)C1)OC(=O)[C@@H]1CCCCN1C(=O)C2=O. The van der Waals surface area contributed by atoms with Crippen molar-refractivity contribution in [1.82, 2.24) is 29.5 Å². The Morgan fingerprint density at radius 3 is 2.29 bits per heavy atom. The molecule has 2 bridgehead atoms. The van der Waals surface area contributed by atoms with E-state index in [1.807, 2.05) is 50.6 Å². The number of aliphatic hydroxyl groups excluding tert-OH is 3. The van der Waals surface area contributed by atoms with Crippen LogP contribution in [0.4, 0.5) is 19.0 Å². The second-order valence-electron chi connectivity index (χ2n) is 26.5. The number of nitrogens with two attached hydrogens (primary N) is 1. The molecule has 2 saturated carbocycles. The van der Waals surface area contributed by atoms with Gasteiger partial charge in [0.1, 0.15) is 24.0 Å². The highest BCUT2D eigenvalue weighted by Crippen LogP contribution is 2.59. The van der Waals surface area contributed by atoms with Crippen molar-refractivity contribution in [1.29, 1.82) is 0 Å². The van der Waals surface area contributed by atoms with E-state index in [1.54, 1.807) is 25.7 Å². The number of aromatic nitrogens is 3. The summed E-state index contributed by atoms with van der Waals surface area (Å²) in [6, 6.07) is 1.97. The zero-order chi connectivity index (χ0) is 63.1. The molecule has 0 radical (unpaired) electrons. The van der Waals surface area contributed by atoms with Gasteiger partial charge in [-0.2, -0.15) is 5.10 Å². The van der Waals surface area contributed by atoms with Crippen LogP contribution < -0.4 is 10.5 Å². The summed E-state index contributed by atoms with van der Waals surface area (Å²) in [4.78, 5) is 81.5. The third-order valence-electron chi connectivity index (χ3n) is 19.8. The fourth-order valence-corrected chi connectivity index (χ4v) is 14.7. The number of rotatable bonds is 12. The largest absolute Gasteiger partial charge is 0.573 e. The molecule has 5 aliphatic heterocycles. The van der Waals surface area contributed by atoms with Crippen molar-refractivity contribution >= 4 is 35.2 Å². The Bertz CT molecular complexity index is 2890. The molecule has 2 aromatic rings. The minimum Gasteiger partial charge on any atom is -0.456 e. The van der Waals surface area contributed by atoms with Crippen LogP contribution in [-0.2, 0) is 42.9 Å². The predicted octanol–water partition coefficient (Wildman–Crippen LogP) is 6.07. The number of fused-ring (bicyclic) bond motifs is 4. The van der Waals surface area contributed by atoms with Crippen LogP contribution in [0, 0.1) is 41.4 Å². The first-order chi connectivity index (χ1) is 41.1. The Morgan fingerprint density at radius 1 is 0.920 bits per heavy atom. The summed E-state index contributed by atoms with van der Waals surface area (Å²) in [6.45, 7) is 15.4. The zero-order valence-corrected chi connectivity index (χ0v) is 51.6. The molecule has 2 amide bonds. The summed E-state index contributed by atoms with van der Waals surface area (Å²) in [5.74, 6) is -9.47. The number of alkyl halides is 3. The molecule has 7 heterocycles. The molecule has 6 fully saturated rings. The molecule has 4 saturated heterocycles. The van der Waals surface area contributed by atoms with E-state index in [0.717, 1.165) is 29.3 Å². The van der Waals surface area contributed by atoms with E-state index >= 15 is 0 Å². The monoisotopic (exact) mass is 1230 g/mol. The highest BCUT2D eigenvalue weighted by Gasteiger charge is 2.60. The normalized spacial score (nSPS) is 36.3. The number of Topliss-reactive ketones (excluding diaryl/α,β-unsaturated/α-hetero) is 2. The Morgan fingerprint density at radius 2 is 1.62 bits per heavy atom. The van der Waals surface area contributed by atoms with E-state index in [4.69, 9.17) is 29.8 Å². The number of esters is 1. The van der Waals surface area contributed by atoms with Gasteiger partial charge in [-0.25, -0.2) is 9.78 Å². The number of aliphatic hydroxyl groups is 4. The molecule has 482 valence electrons. The number of piperidine rings is 2. The van der Waals surface area contributed by atoms with Crippen molar-refractivity contribution in [3.05, 3.63) is 47.3 Å². The van der Waals surface area contributed by atoms with Crippen LogP contribution in [-0.4, -0.2) is 193 Å². The highest BCUT2D eigenvalue weighted by atomic mass is 19.4. The number of nitrogens with zero attached hydrogens (tertiary/aromatic N) is 6. The molecule has 0 aromatic carbocycles. The molecule has 1 unspecified atom stereocenters. The number of hydrogen-bond acceptors (Lipinski definition) is 18. The van der Waals surface area contributed by atoms with Gasteiger partial charge in [0, 0.05) is 113 Å². The number of ketones is 2. The molecule has 24 heteroatoms. The lowest BCUT2D eigenvalue weighted by Crippen LogP contribution is -2.64. The molecule has 2 aromatic heterocycles. The van der Waals surface area contributed by atoms with Crippen LogP contribution >= 0.6 is 0 Å². The second kappa shape index (κ2) is 27.0. The van der Waals surface area contributed by atoms with Crippen LogP contribution in [0.2, 0.25) is 0 Å². The van der Waals surface area contributed by atoms with E-state index in [1.165, 1.54) is 26.5 Å². The first kappa shape index (κ1) is 66.1. The maximum absolute atomic E-state index is 14.8. The summed E-state index contributed by atoms with van der Waals surface area (Å²) in [7, 11) is 2.97. The highest BCUT2D eigenvalue weighted by molar-refractivity contribution is 6.39. The van der Waals surface area contributed by atoms with Crippen molar-refractivity contribution in [2.24, 2.45) is 41.4 Å². The summed E-state index contributed by atoms with van der Waals surface area (Å²) < 4.78 is 69.3. The number of carbonyl (C=O) groups excluding carboxylic acids is 5. The predicted molar refractivity (Wildman–Crippen MR) is 311 cm³/mol. The van der Waals surface area contributed by atoms with Gasteiger partial charge < -0.3 is 59.6 Å². The fraction of sp³-hybridized carbons (Fsp3) is 0.730. The van der Waals surface area contributed by atoms with Gasteiger partial charge in [-0.05, 0) is 133 Å². The molecule has 6 N–H and O–H groups in total. The first-order valence-electron chi connectivity index (χ1n) is 31.2. The third kappa shape index (κ3) is 14.6. The lowest BCUT2D eigenvalue weighted by atomic mass is 9.81. The van der Waals surface area contributed by atoms with Crippen LogP contribution in [0.1, 0.15) is 143 Å². The smallest absolute Gasteiger partial charge is 0.456 e. The number of pyridine rings is 1. The third-order valence-corrected chi connectivity index (χ3v) is 19.8. The molecule has 17 atom stereocenters. The molecule has 9 rings (SSSR count). The van der Waals surface area contributed by atoms with Gasteiger partial charge in [-0.1, -0.05) is 38.5 Å². The van der Waals surface area contributed by atoms with E-state index in [0.29, 0.717) is 80.3 Å². The molecular formula is C63H90F3N7O14. The van der Waals surface area contributed by atoms with Crippen molar-refractivity contribution in [3.63, 3.8) is 0 Å². The van der Waals surface area contributed by atoms with Crippen LogP contribution in [0.25, 0.3) is 11.3 Å². The molecule has 2 aliphatic carbocycles. The van der Waals surface area contributed by atoms with Gasteiger partial charge >= 0.3 is 12.3 Å². The fourth-order valence-electron chi connectivity index (χ4n) is 14.7. The minimum absolute atomic E-state index is 0.00636. The topological polar surface area (TPSA) is 279 Å². The van der Waals surface area contributed by atoms with E-state index in [9.17, 15) is 57.6 Å². The average Bonchev–Trinajstić information content (AvgIpc) is 1.61. The average molecular weight is 1230 g/mol. The minimum atomic E-state index is -4.94. The maximum atomic E-state index is 14.8. The number of likely N-dealkylation sites (tertiary alicyclic amines) is 2. The van der Waals surface area contributed by atoms with Gasteiger partial charge in [-0.3, -0.25) is 28.8 Å². The number of cyclic esters (lactones) is 1. The Hall–Kier alpha value is -5.34. The van der Waals surface area contributed by atoms with Gasteiger partial charge in [0.25, 0.3) is 11.7 Å². The van der Waals surface area contributed by atoms with E-state index in [-0.39, 0.29) is 92.4 Å². The number of anilines is 1. The molecule has 7 aliphatic rings. The Balaban J connectivity index is 0.904. The number of hydrogen-bond donors (Lipinski definition) is 5. The van der Waals surface area contributed by atoms with Gasteiger partial charge in [-0.15, -0.1) is 13.2 Å². The van der Waals surface area contributed by atoms with Crippen molar-refractivity contribution in [2.75, 3.05) is 52.7 Å². The van der Waals surface area contributed by atoms with Crippen LogP contribution in [0.5, 0.6) is 5.75 Å². The first-order valence-corrected chi connectivity index (χ1v) is 31.2. The summed E-state index contributed by atoms with van der Waals surface area (Å²) in [5.41, 5.74) is 8.87. The number of nitrogen functional groups attached to an aromatic ring is 1. The van der Waals surface area contributed by atoms with Crippen molar-refractivity contribution in [3.8, 4) is 17.0 Å². The van der Waals surface area contributed by atoms with Gasteiger partial charge in [0.2, 0.25) is 11.7 Å². The molecule has 0 spiro atoms. The van der Waals surface area contributed by atoms with Gasteiger partial charge in [0.05, 0.1) is 36.2 Å². The van der Waals surface area contributed by atoms with Crippen LogP contribution in [0.3, 0.4) is 0 Å². The number of amides is 2. The second-order valence-corrected chi connectivity index (χ2v) is 26.5. The quantitative estimate of drug-likeness (QED) is 0.0917. The van der Waals surface area contributed by atoms with Gasteiger partial charge in [0.15, 0.2) is 11.6 Å². The summed E-state index contributed by atoms with van der Waals surface area (Å²) in [6.07, 6.45) is -3.51. The lowest BCUT2D eigenvalue weighted by molar-refractivity contribution is -0.301. The van der Waals surface area contributed by atoms with E-state index < -0.39 is 102 Å². The maximum Gasteiger partial charge on any atom is 0.573 e.